The fourth-order valence-electron chi connectivity index (χ4n) is 3.34. The van der Waals surface area contributed by atoms with E-state index < -0.39 is 24.0 Å². The van der Waals surface area contributed by atoms with Crippen LogP contribution < -0.4 is 21.4 Å². The number of aliphatic hydroxyl groups excluding tert-OH is 1. The average Bonchev–Trinajstić information content (AvgIpc) is 2.92. The standard InChI is InChI=1S/C28H27FN4O5/c1-18(34)26(28(37)33-38)32-27(36)21-12-8-19(9-13-21)6-7-20-10-14-23(15-11-20)31-25(35)17-30-16-22-4-2-3-5-24(22)29/h2-5,8-15,18,26,30,34,38H,16-17H2,1H3,(H,31,35)(H,32,36)(H,33,37)/t18-,26+/m1/s1. The highest BCUT2D eigenvalue weighted by molar-refractivity contribution is 5.97. The van der Waals surface area contributed by atoms with E-state index in [1.165, 1.54) is 30.6 Å². The molecule has 2 atom stereocenters. The van der Waals surface area contributed by atoms with E-state index in [4.69, 9.17) is 5.21 Å². The molecule has 0 saturated heterocycles. The highest BCUT2D eigenvalue weighted by Gasteiger charge is 2.25. The van der Waals surface area contributed by atoms with Crippen molar-refractivity contribution >= 4 is 23.4 Å². The third-order valence-corrected chi connectivity index (χ3v) is 5.39. The largest absolute Gasteiger partial charge is 0.391 e. The molecule has 0 aliphatic rings. The summed E-state index contributed by atoms with van der Waals surface area (Å²) in [5.41, 5.74) is 4.07. The normalized spacial score (nSPS) is 11.9. The fourth-order valence-corrected chi connectivity index (χ4v) is 3.34. The van der Waals surface area contributed by atoms with Crippen LogP contribution in [0.5, 0.6) is 0 Å². The first-order valence-electron chi connectivity index (χ1n) is 11.7. The molecular weight excluding hydrogens is 491 g/mol. The van der Waals surface area contributed by atoms with Crippen molar-refractivity contribution in [3.63, 3.8) is 0 Å². The summed E-state index contributed by atoms with van der Waals surface area (Å²) in [6, 6.07) is 18.3. The Hall–Kier alpha value is -4.56. The average molecular weight is 519 g/mol. The molecule has 0 fully saturated rings. The topological polar surface area (TPSA) is 140 Å². The highest BCUT2D eigenvalue weighted by atomic mass is 19.1. The first-order chi connectivity index (χ1) is 18.3. The lowest BCUT2D eigenvalue weighted by Crippen LogP contribution is -2.51. The van der Waals surface area contributed by atoms with Crippen LogP contribution in [0.4, 0.5) is 10.1 Å². The number of hydrogen-bond acceptors (Lipinski definition) is 6. The van der Waals surface area contributed by atoms with Crippen molar-refractivity contribution in [2.45, 2.75) is 25.6 Å². The van der Waals surface area contributed by atoms with Crippen molar-refractivity contribution < 1.29 is 29.1 Å². The minimum Gasteiger partial charge on any atom is -0.391 e. The van der Waals surface area contributed by atoms with E-state index in [1.807, 2.05) is 0 Å². The van der Waals surface area contributed by atoms with Gasteiger partial charge in [0, 0.05) is 34.5 Å². The monoisotopic (exact) mass is 518 g/mol. The molecule has 3 amide bonds. The number of rotatable bonds is 9. The number of amides is 3. The van der Waals surface area contributed by atoms with Crippen LogP contribution in [0, 0.1) is 17.7 Å². The third kappa shape index (κ3) is 8.25. The van der Waals surface area contributed by atoms with Crippen LogP contribution in [0.1, 0.15) is 34.0 Å². The molecule has 3 aromatic carbocycles. The van der Waals surface area contributed by atoms with Gasteiger partial charge in [-0.3, -0.25) is 19.6 Å². The Labute approximate surface area is 219 Å². The van der Waals surface area contributed by atoms with E-state index in [0.29, 0.717) is 22.4 Å². The number of carbonyl (C=O) groups is 3. The number of anilines is 1. The minimum atomic E-state index is -1.31. The quantitative estimate of drug-likeness (QED) is 0.145. The minimum absolute atomic E-state index is 0.0260. The van der Waals surface area contributed by atoms with Crippen LogP contribution in [0.25, 0.3) is 0 Å². The van der Waals surface area contributed by atoms with E-state index in [1.54, 1.807) is 54.6 Å². The second-order valence-electron chi connectivity index (χ2n) is 8.32. The molecule has 0 aliphatic heterocycles. The number of benzene rings is 3. The second kappa shape index (κ2) is 13.7. The molecule has 0 aliphatic carbocycles. The first-order valence-corrected chi connectivity index (χ1v) is 11.7. The molecule has 0 spiro atoms. The molecule has 196 valence electrons. The van der Waals surface area contributed by atoms with Crippen molar-refractivity contribution in [3.8, 4) is 11.8 Å². The van der Waals surface area contributed by atoms with Crippen LogP contribution in [0.3, 0.4) is 0 Å². The van der Waals surface area contributed by atoms with Crippen LogP contribution >= 0.6 is 0 Å². The third-order valence-electron chi connectivity index (χ3n) is 5.39. The maximum absolute atomic E-state index is 13.6. The highest BCUT2D eigenvalue weighted by Crippen LogP contribution is 2.10. The van der Waals surface area contributed by atoms with E-state index in [0.717, 1.165) is 0 Å². The summed E-state index contributed by atoms with van der Waals surface area (Å²) in [5.74, 6) is 3.85. The lowest BCUT2D eigenvalue weighted by molar-refractivity contribution is -0.133. The molecule has 0 unspecified atom stereocenters. The molecule has 0 heterocycles. The van der Waals surface area contributed by atoms with Gasteiger partial charge in [0.25, 0.3) is 11.8 Å². The number of hydroxylamine groups is 1. The Morgan fingerprint density at radius 3 is 2.11 bits per heavy atom. The number of halogens is 1. The summed E-state index contributed by atoms with van der Waals surface area (Å²) < 4.78 is 13.6. The van der Waals surface area contributed by atoms with E-state index in [9.17, 15) is 23.9 Å². The molecule has 6 N–H and O–H groups in total. The summed E-state index contributed by atoms with van der Waals surface area (Å²) in [6.07, 6.45) is -1.21. The lowest BCUT2D eigenvalue weighted by Gasteiger charge is -2.19. The van der Waals surface area contributed by atoms with Crippen LogP contribution in [-0.2, 0) is 16.1 Å². The molecule has 3 rings (SSSR count). The maximum Gasteiger partial charge on any atom is 0.268 e. The van der Waals surface area contributed by atoms with E-state index in [-0.39, 0.29) is 30.4 Å². The second-order valence-corrected chi connectivity index (χ2v) is 8.32. The Balaban J connectivity index is 1.51. The van der Waals surface area contributed by atoms with Gasteiger partial charge in [0.15, 0.2) is 0 Å². The molecule has 3 aromatic rings. The Morgan fingerprint density at radius 2 is 1.53 bits per heavy atom. The predicted molar refractivity (Wildman–Crippen MR) is 138 cm³/mol. The van der Waals surface area contributed by atoms with Gasteiger partial charge in [-0.05, 0) is 61.5 Å². The summed E-state index contributed by atoms with van der Waals surface area (Å²) in [5, 5.41) is 26.4. The smallest absolute Gasteiger partial charge is 0.268 e. The Morgan fingerprint density at radius 1 is 0.921 bits per heavy atom. The van der Waals surface area contributed by atoms with Crippen molar-refractivity contribution in [2.24, 2.45) is 0 Å². The molecule has 0 aromatic heterocycles. The van der Waals surface area contributed by atoms with Gasteiger partial charge >= 0.3 is 0 Å². The molecule has 9 nitrogen and oxygen atoms in total. The summed E-state index contributed by atoms with van der Waals surface area (Å²) in [7, 11) is 0. The van der Waals surface area contributed by atoms with Crippen molar-refractivity contribution in [3.05, 3.63) is 101 Å². The lowest BCUT2D eigenvalue weighted by atomic mass is 10.1. The van der Waals surface area contributed by atoms with Gasteiger partial charge in [0.1, 0.15) is 11.9 Å². The molecular formula is C28H27FN4O5. The van der Waals surface area contributed by atoms with Gasteiger partial charge < -0.3 is 21.1 Å². The van der Waals surface area contributed by atoms with Gasteiger partial charge in [0.05, 0.1) is 12.6 Å². The molecule has 0 bridgehead atoms. The zero-order valence-electron chi connectivity index (χ0n) is 20.5. The first kappa shape index (κ1) is 28.0. The molecule has 0 saturated carbocycles. The van der Waals surface area contributed by atoms with Gasteiger partial charge in [-0.1, -0.05) is 30.0 Å². The number of carbonyl (C=O) groups excluding carboxylic acids is 3. The van der Waals surface area contributed by atoms with Gasteiger partial charge in [-0.25, -0.2) is 9.87 Å². The van der Waals surface area contributed by atoms with Crippen molar-refractivity contribution in [2.75, 3.05) is 11.9 Å². The van der Waals surface area contributed by atoms with Crippen molar-refractivity contribution in [1.82, 2.24) is 16.1 Å². The summed E-state index contributed by atoms with van der Waals surface area (Å²) in [6.45, 7) is 1.58. The van der Waals surface area contributed by atoms with Crippen LogP contribution in [0.15, 0.2) is 72.8 Å². The number of hydrogen-bond donors (Lipinski definition) is 6. The van der Waals surface area contributed by atoms with Crippen LogP contribution in [0.2, 0.25) is 0 Å². The molecule has 0 radical (unpaired) electrons. The predicted octanol–water partition coefficient (Wildman–Crippen LogP) is 1.94. The molecule has 38 heavy (non-hydrogen) atoms. The number of aliphatic hydroxyl groups is 1. The fraction of sp³-hybridized carbons (Fsp3) is 0.179. The van der Waals surface area contributed by atoms with Gasteiger partial charge in [-0.2, -0.15) is 0 Å². The van der Waals surface area contributed by atoms with E-state index >= 15 is 0 Å². The van der Waals surface area contributed by atoms with Crippen molar-refractivity contribution in [1.29, 1.82) is 0 Å². The van der Waals surface area contributed by atoms with Gasteiger partial charge in [-0.15, -0.1) is 0 Å². The van der Waals surface area contributed by atoms with Gasteiger partial charge in [0.2, 0.25) is 5.91 Å². The maximum atomic E-state index is 13.6. The SMILES string of the molecule is C[C@@H](O)[C@H](NC(=O)c1ccc(C#Cc2ccc(NC(=O)CNCc3ccccc3F)cc2)cc1)C(=O)NO. The zero-order chi connectivity index (χ0) is 27.5. The zero-order valence-corrected chi connectivity index (χ0v) is 20.5. The van der Waals surface area contributed by atoms with Crippen LogP contribution in [-0.4, -0.2) is 46.7 Å². The number of nitrogens with one attached hydrogen (secondary N) is 4. The molecule has 10 heteroatoms. The summed E-state index contributed by atoms with van der Waals surface area (Å²) in [4.78, 5) is 36.1. The Kier molecular flexibility index (Phi) is 10.1. The van der Waals surface area contributed by atoms with E-state index in [2.05, 4.69) is 27.8 Å². The Bertz CT molecular complexity index is 1330. The summed E-state index contributed by atoms with van der Waals surface area (Å²) >= 11 is 0.